The van der Waals surface area contributed by atoms with E-state index in [1.54, 1.807) is 0 Å². The molecule has 1 aliphatic heterocycles. The van der Waals surface area contributed by atoms with Crippen LogP contribution in [0, 0.1) is 0 Å². The van der Waals surface area contributed by atoms with Gasteiger partial charge in [-0.2, -0.15) is 0 Å². The molecule has 1 N–H and O–H groups in total. The van der Waals surface area contributed by atoms with Gasteiger partial charge in [-0.1, -0.05) is 13.8 Å². The molecule has 1 saturated heterocycles. The first-order chi connectivity index (χ1) is 7.17. The van der Waals surface area contributed by atoms with Gasteiger partial charge in [0.05, 0.1) is 0 Å². The summed E-state index contributed by atoms with van der Waals surface area (Å²) in [5.74, 6) is 0. The molecule has 1 aliphatic rings. The van der Waals surface area contributed by atoms with E-state index < -0.39 is 0 Å². The van der Waals surface area contributed by atoms with Crippen LogP contribution in [0.5, 0.6) is 0 Å². The molecule has 0 aromatic heterocycles. The standard InChI is InChI=1S/C13H28N2/c1-5-13(6-2)15-9-7-11(3)14-12(4)8-10-15/h11-14H,5-10H2,1-4H3. The first-order valence-electron chi connectivity index (χ1n) is 6.67. The van der Waals surface area contributed by atoms with Crippen molar-refractivity contribution in [1.82, 2.24) is 10.2 Å². The van der Waals surface area contributed by atoms with Gasteiger partial charge >= 0.3 is 0 Å². The van der Waals surface area contributed by atoms with Crippen molar-refractivity contribution in [2.24, 2.45) is 0 Å². The van der Waals surface area contributed by atoms with Crippen molar-refractivity contribution in [1.29, 1.82) is 0 Å². The zero-order valence-corrected chi connectivity index (χ0v) is 10.9. The zero-order chi connectivity index (χ0) is 11.3. The lowest BCUT2D eigenvalue weighted by Gasteiger charge is -2.35. The summed E-state index contributed by atoms with van der Waals surface area (Å²) in [5.41, 5.74) is 0. The van der Waals surface area contributed by atoms with Crippen LogP contribution >= 0.6 is 0 Å². The van der Waals surface area contributed by atoms with Gasteiger partial charge in [-0.05, 0) is 52.6 Å². The number of hydrogen-bond donors (Lipinski definition) is 1. The summed E-state index contributed by atoms with van der Waals surface area (Å²) in [6.07, 6.45) is 5.18. The Morgan fingerprint density at radius 2 is 1.53 bits per heavy atom. The number of nitrogens with one attached hydrogen (secondary N) is 1. The van der Waals surface area contributed by atoms with Gasteiger partial charge in [0.2, 0.25) is 0 Å². The second-order valence-electron chi connectivity index (χ2n) is 5.05. The molecule has 1 heterocycles. The molecule has 0 aliphatic carbocycles. The highest BCUT2D eigenvalue weighted by Gasteiger charge is 2.19. The minimum absolute atomic E-state index is 0.678. The molecule has 2 atom stereocenters. The zero-order valence-electron chi connectivity index (χ0n) is 10.9. The molecular formula is C13H28N2. The van der Waals surface area contributed by atoms with E-state index in [0.717, 1.165) is 6.04 Å². The Labute approximate surface area is 95.4 Å². The largest absolute Gasteiger partial charge is 0.312 e. The summed E-state index contributed by atoms with van der Waals surface area (Å²) in [6.45, 7) is 11.8. The molecule has 2 nitrogen and oxygen atoms in total. The first kappa shape index (κ1) is 13.0. The molecule has 1 fully saturated rings. The maximum Gasteiger partial charge on any atom is 0.00900 e. The van der Waals surface area contributed by atoms with Crippen LogP contribution in [0.15, 0.2) is 0 Å². The van der Waals surface area contributed by atoms with Gasteiger partial charge in [0.1, 0.15) is 0 Å². The topological polar surface area (TPSA) is 15.3 Å². The van der Waals surface area contributed by atoms with Gasteiger partial charge in [-0.15, -0.1) is 0 Å². The monoisotopic (exact) mass is 212 g/mol. The second-order valence-corrected chi connectivity index (χ2v) is 5.05. The molecule has 0 aromatic rings. The summed E-state index contributed by atoms with van der Waals surface area (Å²) in [6, 6.07) is 2.16. The molecule has 1 rings (SSSR count). The van der Waals surface area contributed by atoms with Crippen LogP contribution in [0.3, 0.4) is 0 Å². The van der Waals surface area contributed by atoms with Gasteiger partial charge in [0.25, 0.3) is 0 Å². The van der Waals surface area contributed by atoms with Crippen LogP contribution in [0.2, 0.25) is 0 Å². The summed E-state index contributed by atoms with van der Waals surface area (Å²) < 4.78 is 0. The van der Waals surface area contributed by atoms with Gasteiger partial charge in [0, 0.05) is 18.1 Å². The van der Waals surface area contributed by atoms with E-state index in [1.807, 2.05) is 0 Å². The van der Waals surface area contributed by atoms with Crippen LogP contribution in [0.1, 0.15) is 53.4 Å². The van der Waals surface area contributed by atoms with Crippen molar-refractivity contribution in [3.63, 3.8) is 0 Å². The minimum atomic E-state index is 0.678. The number of hydrogen-bond acceptors (Lipinski definition) is 2. The van der Waals surface area contributed by atoms with Crippen molar-refractivity contribution >= 4 is 0 Å². The average molecular weight is 212 g/mol. The van der Waals surface area contributed by atoms with Crippen LogP contribution in [-0.2, 0) is 0 Å². The second kappa shape index (κ2) is 6.49. The fourth-order valence-corrected chi connectivity index (χ4v) is 2.65. The summed E-state index contributed by atoms with van der Waals surface area (Å²) in [5, 5.41) is 3.65. The molecule has 2 unspecified atom stereocenters. The highest BCUT2D eigenvalue weighted by molar-refractivity contribution is 4.78. The third-order valence-electron chi connectivity index (χ3n) is 3.73. The fraction of sp³-hybridized carbons (Fsp3) is 1.00. The number of rotatable bonds is 3. The molecule has 0 radical (unpaired) electrons. The Morgan fingerprint density at radius 1 is 1.07 bits per heavy atom. The van der Waals surface area contributed by atoms with E-state index in [9.17, 15) is 0 Å². The molecule has 15 heavy (non-hydrogen) atoms. The molecule has 0 saturated carbocycles. The molecule has 90 valence electrons. The molecule has 0 spiro atoms. The van der Waals surface area contributed by atoms with Crippen molar-refractivity contribution in [2.45, 2.75) is 71.5 Å². The van der Waals surface area contributed by atoms with E-state index in [4.69, 9.17) is 0 Å². The van der Waals surface area contributed by atoms with E-state index >= 15 is 0 Å². The molecular weight excluding hydrogens is 184 g/mol. The van der Waals surface area contributed by atoms with Crippen molar-refractivity contribution in [3.8, 4) is 0 Å². The van der Waals surface area contributed by atoms with Crippen LogP contribution in [0.25, 0.3) is 0 Å². The van der Waals surface area contributed by atoms with Crippen LogP contribution in [-0.4, -0.2) is 36.1 Å². The van der Waals surface area contributed by atoms with E-state index in [0.29, 0.717) is 12.1 Å². The number of nitrogens with zero attached hydrogens (tertiary/aromatic N) is 1. The summed E-state index contributed by atoms with van der Waals surface area (Å²) in [4.78, 5) is 2.70. The average Bonchev–Trinajstić information content (AvgIpc) is 2.20. The normalized spacial score (nSPS) is 30.2. The lowest BCUT2D eigenvalue weighted by atomic mass is 10.0. The quantitative estimate of drug-likeness (QED) is 0.773. The maximum atomic E-state index is 3.65. The van der Waals surface area contributed by atoms with Gasteiger partial charge in [-0.3, -0.25) is 0 Å². The SMILES string of the molecule is CCC(CC)N1CCC(C)NC(C)CC1. The Morgan fingerprint density at radius 3 is 1.93 bits per heavy atom. The predicted molar refractivity (Wildman–Crippen MR) is 67.2 cm³/mol. The molecule has 2 heteroatoms. The fourth-order valence-electron chi connectivity index (χ4n) is 2.65. The lowest BCUT2D eigenvalue weighted by molar-refractivity contribution is 0.154. The van der Waals surface area contributed by atoms with Gasteiger partial charge in [0.15, 0.2) is 0 Å². The smallest absolute Gasteiger partial charge is 0.00900 e. The van der Waals surface area contributed by atoms with Crippen molar-refractivity contribution in [2.75, 3.05) is 13.1 Å². The highest BCUT2D eigenvalue weighted by Crippen LogP contribution is 2.14. The van der Waals surface area contributed by atoms with E-state index in [2.05, 4.69) is 37.9 Å². The third kappa shape index (κ3) is 4.12. The van der Waals surface area contributed by atoms with E-state index in [-0.39, 0.29) is 0 Å². The van der Waals surface area contributed by atoms with Gasteiger partial charge < -0.3 is 10.2 Å². The van der Waals surface area contributed by atoms with Crippen molar-refractivity contribution in [3.05, 3.63) is 0 Å². The van der Waals surface area contributed by atoms with Crippen LogP contribution < -0.4 is 5.32 Å². The van der Waals surface area contributed by atoms with Crippen molar-refractivity contribution < 1.29 is 0 Å². The third-order valence-corrected chi connectivity index (χ3v) is 3.73. The highest BCUT2D eigenvalue weighted by atomic mass is 15.2. The molecule has 0 amide bonds. The summed E-state index contributed by atoms with van der Waals surface area (Å²) in [7, 11) is 0. The predicted octanol–water partition coefficient (Wildman–Crippen LogP) is 2.64. The Hall–Kier alpha value is -0.0800. The Bertz CT molecular complexity index is 154. The van der Waals surface area contributed by atoms with Crippen LogP contribution in [0.4, 0.5) is 0 Å². The molecule has 0 aromatic carbocycles. The summed E-state index contributed by atoms with van der Waals surface area (Å²) >= 11 is 0. The Kier molecular flexibility index (Phi) is 5.62. The van der Waals surface area contributed by atoms with Gasteiger partial charge in [-0.25, -0.2) is 0 Å². The van der Waals surface area contributed by atoms with E-state index in [1.165, 1.54) is 38.8 Å². The minimum Gasteiger partial charge on any atom is -0.312 e. The lowest BCUT2D eigenvalue weighted by Crippen LogP contribution is -2.46. The maximum absolute atomic E-state index is 3.65. The molecule has 0 bridgehead atoms. The Balaban J connectivity index is 2.49. The first-order valence-corrected chi connectivity index (χ1v) is 6.67.